The van der Waals surface area contributed by atoms with Gasteiger partial charge in [0, 0.05) is 17.9 Å². The summed E-state index contributed by atoms with van der Waals surface area (Å²) < 4.78 is 23.8. The minimum absolute atomic E-state index is 0.247. The van der Waals surface area contributed by atoms with Crippen molar-refractivity contribution < 1.29 is 13.9 Å². The molecule has 5 nitrogen and oxygen atoms in total. The molecule has 124 valence electrons. The number of nitrogens with zero attached hydrogens (tertiary/aromatic N) is 2. The topological polar surface area (TPSA) is 70.3 Å². The van der Waals surface area contributed by atoms with Crippen LogP contribution in [0.2, 0.25) is 0 Å². The first-order chi connectivity index (χ1) is 11.6. The van der Waals surface area contributed by atoms with Gasteiger partial charge in [0.05, 0.1) is 19.7 Å². The number of nitrogen functional groups attached to an aromatic ring is 1. The Morgan fingerprint density at radius 2 is 1.75 bits per heavy atom. The maximum absolute atomic E-state index is 13.2. The average molecular weight is 327 g/mol. The van der Waals surface area contributed by atoms with E-state index in [9.17, 15) is 4.39 Å². The van der Waals surface area contributed by atoms with Crippen LogP contribution in [0.15, 0.2) is 36.4 Å². The predicted molar refractivity (Wildman–Crippen MR) is 90.9 cm³/mol. The minimum atomic E-state index is -0.247. The lowest BCUT2D eigenvalue weighted by Gasteiger charge is -2.11. The Hall–Kier alpha value is -2.89. The molecule has 3 rings (SSSR count). The molecule has 0 saturated heterocycles. The van der Waals surface area contributed by atoms with E-state index in [-0.39, 0.29) is 5.82 Å². The summed E-state index contributed by atoms with van der Waals surface area (Å²) in [5.41, 5.74) is 7.64. The molecule has 0 radical (unpaired) electrons. The molecule has 3 aromatic rings. The van der Waals surface area contributed by atoms with Crippen molar-refractivity contribution in [1.29, 1.82) is 0 Å². The zero-order valence-electron chi connectivity index (χ0n) is 13.5. The van der Waals surface area contributed by atoms with Gasteiger partial charge in [0.1, 0.15) is 17.5 Å². The summed E-state index contributed by atoms with van der Waals surface area (Å²) >= 11 is 0. The molecule has 2 aromatic carbocycles. The molecule has 0 aliphatic carbocycles. The van der Waals surface area contributed by atoms with Gasteiger partial charge in [-0.3, -0.25) is 0 Å². The third-order valence-corrected chi connectivity index (χ3v) is 3.80. The molecule has 1 aromatic heterocycles. The fourth-order valence-corrected chi connectivity index (χ4v) is 2.59. The number of hydrogen-bond acceptors (Lipinski definition) is 5. The summed E-state index contributed by atoms with van der Waals surface area (Å²) in [7, 11) is 3.13. The van der Waals surface area contributed by atoms with Gasteiger partial charge in [0.15, 0.2) is 11.5 Å². The molecule has 0 amide bonds. The molecule has 0 spiro atoms. The largest absolute Gasteiger partial charge is 0.493 e. The second-order valence-corrected chi connectivity index (χ2v) is 5.38. The van der Waals surface area contributed by atoms with Crippen LogP contribution in [0.25, 0.3) is 10.9 Å². The number of halogens is 1. The molecule has 6 heteroatoms. The molecular weight excluding hydrogens is 309 g/mol. The fourth-order valence-electron chi connectivity index (χ4n) is 2.59. The highest BCUT2D eigenvalue weighted by molar-refractivity contribution is 5.90. The van der Waals surface area contributed by atoms with Crippen LogP contribution < -0.4 is 15.2 Å². The molecule has 0 bridgehead atoms. The summed E-state index contributed by atoms with van der Waals surface area (Å²) in [4.78, 5) is 8.88. The first kappa shape index (κ1) is 16.0. The average Bonchev–Trinajstić information content (AvgIpc) is 2.59. The van der Waals surface area contributed by atoms with Crippen LogP contribution in [0.1, 0.15) is 11.4 Å². The molecule has 0 unspecified atom stereocenters. The molecule has 24 heavy (non-hydrogen) atoms. The summed E-state index contributed by atoms with van der Waals surface area (Å²) in [6.07, 6.45) is 1.20. The van der Waals surface area contributed by atoms with Crippen LogP contribution in [0.3, 0.4) is 0 Å². The van der Waals surface area contributed by atoms with Crippen LogP contribution in [0.4, 0.5) is 10.2 Å². The smallest absolute Gasteiger partial charge is 0.162 e. The number of hydrogen-bond donors (Lipinski definition) is 1. The number of aromatic nitrogens is 2. The molecule has 0 aliphatic heterocycles. The Bertz CT molecular complexity index is 884. The minimum Gasteiger partial charge on any atom is -0.493 e. The van der Waals surface area contributed by atoms with E-state index < -0.39 is 0 Å². The van der Waals surface area contributed by atoms with Gasteiger partial charge in [0.25, 0.3) is 0 Å². The highest BCUT2D eigenvalue weighted by Gasteiger charge is 2.11. The normalized spacial score (nSPS) is 10.8. The van der Waals surface area contributed by atoms with Crippen molar-refractivity contribution in [2.24, 2.45) is 0 Å². The zero-order chi connectivity index (χ0) is 17.1. The monoisotopic (exact) mass is 327 g/mol. The molecule has 0 fully saturated rings. The van der Waals surface area contributed by atoms with Gasteiger partial charge in [-0.25, -0.2) is 14.4 Å². The second-order valence-electron chi connectivity index (χ2n) is 5.38. The van der Waals surface area contributed by atoms with Crippen molar-refractivity contribution in [2.75, 3.05) is 20.0 Å². The number of anilines is 1. The maximum atomic E-state index is 13.2. The lowest BCUT2D eigenvalue weighted by atomic mass is 10.1. The maximum Gasteiger partial charge on any atom is 0.162 e. The van der Waals surface area contributed by atoms with Crippen LogP contribution in [-0.2, 0) is 12.8 Å². The van der Waals surface area contributed by atoms with Gasteiger partial charge in [-0.15, -0.1) is 0 Å². The standard InChI is InChI=1S/C18H18FN3O2/c1-23-15-9-13-14(10-16(15)24-2)21-17(22-18(13)20)7-6-11-4-3-5-12(19)8-11/h3-5,8-10H,6-7H2,1-2H3,(H2,20,21,22). The number of rotatable bonds is 5. The first-order valence-electron chi connectivity index (χ1n) is 7.53. The van der Waals surface area contributed by atoms with Gasteiger partial charge in [-0.2, -0.15) is 0 Å². The van der Waals surface area contributed by atoms with Crippen LogP contribution in [-0.4, -0.2) is 24.2 Å². The number of nitrogens with two attached hydrogens (primary N) is 1. The third-order valence-electron chi connectivity index (χ3n) is 3.80. The third kappa shape index (κ3) is 3.22. The van der Waals surface area contributed by atoms with E-state index in [1.54, 1.807) is 32.4 Å². The predicted octanol–water partition coefficient (Wildman–Crippen LogP) is 3.15. The fraction of sp³-hybridized carbons (Fsp3) is 0.222. The highest BCUT2D eigenvalue weighted by atomic mass is 19.1. The quantitative estimate of drug-likeness (QED) is 0.779. The van der Waals surface area contributed by atoms with Crippen molar-refractivity contribution >= 4 is 16.7 Å². The van der Waals surface area contributed by atoms with Gasteiger partial charge < -0.3 is 15.2 Å². The molecule has 0 aliphatic rings. The van der Waals surface area contributed by atoms with E-state index in [1.807, 2.05) is 6.07 Å². The Kier molecular flexibility index (Phi) is 4.46. The molecule has 0 saturated carbocycles. The lowest BCUT2D eigenvalue weighted by Crippen LogP contribution is -2.04. The van der Waals surface area contributed by atoms with Gasteiger partial charge >= 0.3 is 0 Å². The van der Waals surface area contributed by atoms with Gasteiger partial charge in [-0.1, -0.05) is 12.1 Å². The molecule has 0 atom stereocenters. The van der Waals surface area contributed by atoms with Crippen molar-refractivity contribution in [2.45, 2.75) is 12.8 Å². The zero-order valence-corrected chi connectivity index (χ0v) is 13.5. The van der Waals surface area contributed by atoms with E-state index >= 15 is 0 Å². The van der Waals surface area contributed by atoms with E-state index in [0.717, 1.165) is 5.56 Å². The van der Waals surface area contributed by atoms with Crippen LogP contribution in [0.5, 0.6) is 11.5 Å². The van der Waals surface area contributed by atoms with Crippen molar-refractivity contribution in [1.82, 2.24) is 9.97 Å². The first-order valence-corrected chi connectivity index (χ1v) is 7.53. The molecular formula is C18H18FN3O2. The Balaban J connectivity index is 1.92. The molecule has 2 N–H and O–H groups in total. The number of methoxy groups -OCH3 is 2. The Morgan fingerprint density at radius 1 is 1.00 bits per heavy atom. The number of aryl methyl sites for hydroxylation is 2. The van der Waals surface area contributed by atoms with E-state index in [1.165, 1.54) is 12.1 Å². The van der Waals surface area contributed by atoms with Gasteiger partial charge in [-0.05, 0) is 30.2 Å². The molecule has 1 heterocycles. The number of ether oxygens (including phenoxy) is 2. The van der Waals surface area contributed by atoms with Gasteiger partial charge in [0.2, 0.25) is 0 Å². The van der Waals surface area contributed by atoms with Crippen LogP contribution >= 0.6 is 0 Å². The van der Waals surface area contributed by atoms with Crippen molar-refractivity contribution in [3.05, 3.63) is 53.6 Å². The number of fused-ring (bicyclic) bond motifs is 1. The summed E-state index contributed by atoms with van der Waals surface area (Å²) in [6, 6.07) is 10.0. The SMILES string of the molecule is COc1cc2nc(CCc3cccc(F)c3)nc(N)c2cc1OC. The Labute approximate surface area is 139 Å². The number of benzene rings is 2. The van der Waals surface area contributed by atoms with E-state index in [0.29, 0.717) is 46.9 Å². The Morgan fingerprint density at radius 3 is 2.46 bits per heavy atom. The summed E-state index contributed by atoms with van der Waals surface area (Å²) in [5.74, 6) is 1.90. The van der Waals surface area contributed by atoms with E-state index in [2.05, 4.69) is 9.97 Å². The van der Waals surface area contributed by atoms with Crippen molar-refractivity contribution in [3.8, 4) is 11.5 Å². The second kappa shape index (κ2) is 6.70. The lowest BCUT2D eigenvalue weighted by molar-refractivity contribution is 0.356. The highest BCUT2D eigenvalue weighted by Crippen LogP contribution is 2.33. The summed E-state index contributed by atoms with van der Waals surface area (Å²) in [5, 5.41) is 0.710. The van der Waals surface area contributed by atoms with Crippen molar-refractivity contribution in [3.63, 3.8) is 0 Å². The van der Waals surface area contributed by atoms with Crippen LogP contribution in [0, 0.1) is 5.82 Å². The summed E-state index contributed by atoms with van der Waals surface area (Å²) in [6.45, 7) is 0. The van der Waals surface area contributed by atoms with E-state index in [4.69, 9.17) is 15.2 Å².